The van der Waals surface area contributed by atoms with Crippen LogP contribution in [0.15, 0.2) is 30.5 Å². The minimum atomic E-state index is -0.0807. The van der Waals surface area contributed by atoms with Gasteiger partial charge in [-0.15, -0.1) is 0 Å². The quantitative estimate of drug-likeness (QED) is 0.865. The van der Waals surface area contributed by atoms with Crippen LogP contribution >= 0.6 is 0 Å². The summed E-state index contributed by atoms with van der Waals surface area (Å²) >= 11 is 0. The molecule has 1 aliphatic carbocycles. The Morgan fingerprint density at radius 3 is 2.82 bits per heavy atom. The Bertz CT molecular complexity index is 841. The predicted molar refractivity (Wildman–Crippen MR) is 107 cm³/mol. The van der Waals surface area contributed by atoms with E-state index in [4.69, 9.17) is 4.74 Å². The van der Waals surface area contributed by atoms with E-state index < -0.39 is 0 Å². The second-order valence-corrected chi connectivity index (χ2v) is 8.24. The van der Waals surface area contributed by atoms with Gasteiger partial charge in [-0.1, -0.05) is 18.6 Å². The molecule has 1 aromatic carbocycles. The number of carbonyl (C=O) groups excluding carboxylic acids is 1. The highest BCUT2D eigenvalue weighted by atomic mass is 16.5. The van der Waals surface area contributed by atoms with Crippen LogP contribution in [-0.4, -0.2) is 39.6 Å². The number of rotatable bonds is 5. The third-order valence-electron chi connectivity index (χ3n) is 6.22. The summed E-state index contributed by atoms with van der Waals surface area (Å²) in [6, 6.07) is 8.33. The molecule has 2 fully saturated rings. The Morgan fingerprint density at radius 1 is 1.14 bits per heavy atom. The van der Waals surface area contributed by atoms with Crippen molar-refractivity contribution in [2.45, 2.75) is 63.8 Å². The molecule has 6 nitrogen and oxygen atoms in total. The van der Waals surface area contributed by atoms with Gasteiger partial charge in [-0.2, -0.15) is 0 Å². The predicted octanol–water partition coefficient (Wildman–Crippen LogP) is 3.28. The Hall–Kier alpha value is -2.18. The summed E-state index contributed by atoms with van der Waals surface area (Å²) in [6.07, 6.45) is 7.71. The van der Waals surface area contributed by atoms with Gasteiger partial charge in [0, 0.05) is 25.0 Å². The first kappa shape index (κ1) is 17.9. The molecule has 2 aromatic rings. The van der Waals surface area contributed by atoms with Crippen molar-refractivity contribution in [3.63, 3.8) is 0 Å². The second kappa shape index (κ2) is 7.68. The highest BCUT2D eigenvalue weighted by Crippen LogP contribution is 2.40. The number of nitrogens with one attached hydrogen (secondary N) is 1. The molecule has 1 saturated carbocycles. The van der Waals surface area contributed by atoms with Crippen molar-refractivity contribution < 1.29 is 9.53 Å². The molecule has 0 unspecified atom stereocenters. The number of likely N-dealkylation sites (tertiary alicyclic amines) is 1. The molecule has 2 aliphatic heterocycles. The SMILES string of the molecule is O=C(Nc1ccc(C2CC2)cc1)[C@H]1CCCCN1Cc1cnc2n1CCOC2. The maximum Gasteiger partial charge on any atom is 0.241 e. The summed E-state index contributed by atoms with van der Waals surface area (Å²) in [5.74, 6) is 1.85. The molecule has 3 heterocycles. The largest absolute Gasteiger partial charge is 0.372 e. The average Bonchev–Trinajstić information content (AvgIpc) is 3.51. The molecule has 148 valence electrons. The lowest BCUT2D eigenvalue weighted by Gasteiger charge is -2.35. The van der Waals surface area contributed by atoms with Gasteiger partial charge in [0.25, 0.3) is 0 Å². The van der Waals surface area contributed by atoms with Gasteiger partial charge in [0.05, 0.1) is 18.3 Å². The zero-order valence-corrected chi connectivity index (χ0v) is 16.3. The van der Waals surface area contributed by atoms with Gasteiger partial charge in [0.1, 0.15) is 12.4 Å². The number of anilines is 1. The van der Waals surface area contributed by atoms with E-state index in [1.54, 1.807) is 0 Å². The lowest BCUT2D eigenvalue weighted by molar-refractivity contribution is -0.122. The first-order valence-corrected chi connectivity index (χ1v) is 10.5. The number of amides is 1. The minimum Gasteiger partial charge on any atom is -0.372 e. The maximum atomic E-state index is 13.0. The van der Waals surface area contributed by atoms with Crippen LogP contribution in [0.5, 0.6) is 0 Å². The van der Waals surface area contributed by atoms with E-state index in [0.29, 0.717) is 6.61 Å². The van der Waals surface area contributed by atoms with Gasteiger partial charge in [0.2, 0.25) is 5.91 Å². The molecule has 0 spiro atoms. The van der Waals surface area contributed by atoms with Crippen LogP contribution in [-0.2, 0) is 29.2 Å². The van der Waals surface area contributed by atoms with Crippen molar-refractivity contribution in [1.29, 1.82) is 0 Å². The Labute approximate surface area is 165 Å². The first-order valence-electron chi connectivity index (χ1n) is 10.5. The highest BCUT2D eigenvalue weighted by Gasteiger charge is 2.30. The molecule has 28 heavy (non-hydrogen) atoms. The fourth-order valence-corrected chi connectivity index (χ4v) is 4.45. The number of hydrogen-bond donors (Lipinski definition) is 1. The van der Waals surface area contributed by atoms with Crippen molar-refractivity contribution in [2.75, 3.05) is 18.5 Å². The molecule has 1 amide bonds. The topological polar surface area (TPSA) is 59.4 Å². The number of nitrogens with zero attached hydrogens (tertiary/aromatic N) is 3. The van der Waals surface area contributed by atoms with Gasteiger partial charge in [-0.25, -0.2) is 4.98 Å². The molecule has 3 aliphatic rings. The summed E-state index contributed by atoms with van der Waals surface area (Å²) in [7, 11) is 0. The minimum absolute atomic E-state index is 0.0807. The zero-order valence-electron chi connectivity index (χ0n) is 16.3. The van der Waals surface area contributed by atoms with Crippen LogP contribution in [0, 0.1) is 0 Å². The van der Waals surface area contributed by atoms with Crippen molar-refractivity contribution in [1.82, 2.24) is 14.5 Å². The number of imidazole rings is 1. The number of fused-ring (bicyclic) bond motifs is 1. The summed E-state index contributed by atoms with van der Waals surface area (Å²) in [5.41, 5.74) is 3.48. The van der Waals surface area contributed by atoms with Crippen molar-refractivity contribution in [3.05, 3.63) is 47.5 Å². The average molecular weight is 380 g/mol. The standard InChI is InChI=1S/C22H28N4O2/c27-22(24-18-8-6-17(7-9-18)16-4-5-16)20-3-1-2-10-25(20)14-19-13-23-21-15-28-12-11-26(19)21/h6-9,13,16,20H,1-5,10-12,14-15H2,(H,24,27)/t20-/m1/s1. The molecule has 1 N–H and O–H groups in total. The Morgan fingerprint density at radius 2 is 2.00 bits per heavy atom. The van der Waals surface area contributed by atoms with Gasteiger partial charge in [-0.05, 0) is 55.8 Å². The van der Waals surface area contributed by atoms with Gasteiger partial charge >= 0.3 is 0 Å². The first-order chi connectivity index (χ1) is 13.8. The van der Waals surface area contributed by atoms with Gasteiger partial charge in [-0.3, -0.25) is 9.69 Å². The Balaban J connectivity index is 1.27. The van der Waals surface area contributed by atoms with E-state index in [0.717, 1.165) is 62.9 Å². The smallest absolute Gasteiger partial charge is 0.241 e. The van der Waals surface area contributed by atoms with Crippen molar-refractivity contribution in [3.8, 4) is 0 Å². The normalized spacial score (nSPS) is 22.6. The summed E-state index contributed by atoms with van der Waals surface area (Å²) in [5, 5.41) is 3.15. The molecule has 6 heteroatoms. The lowest BCUT2D eigenvalue weighted by Crippen LogP contribution is -2.46. The monoisotopic (exact) mass is 380 g/mol. The summed E-state index contributed by atoms with van der Waals surface area (Å²) in [4.78, 5) is 19.8. The van der Waals surface area contributed by atoms with Crippen LogP contribution in [0.1, 0.15) is 55.1 Å². The van der Waals surface area contributed by atoms with Crippen LogP contribution in [0.2, 0.25) is 0 Å². The number of hydrogen-bond acceptors (Lipinski definition) is 4. The zero-order chi connectivity index (χ0) is 18.9. The number of carbonyl (C=O) groups is 1. The lowest BCUT2D eigenvalue weighted by atomic mass is 10.0. The van der Waals surface area contributed by atoms with E-state index in [9.17, 15) is 4.79 Å². The molecule has 1 saturated heterocycles. The fourth-order valence-electron chi connectivity index (χ4n) is 4.45. The highest BCUT2D eigenvalue weighted by molar-refractivity contribution is 5.94. The maximum absolute atomic E-state index is 13.0. The summed E-state index contributed by atoms with van der Waals surface area (Å²) < 4.78 is 7.74. The van der Waals surface area contributed by atoms with Crippen LogP contribution in [0.4, 0.5) is 5.69 Å². The number of ether oxygens (including phenoxy) is 1. The van der Waals surface area contributed by atoms with Gasteiger partial charge < -0.3 is 14.6 Å². The van der Waals surface area contributed by atoms with Crippen LogP contribution in [0.25, 0.3) is 0 Å². The van der Waals surface area contributed by atoms with E-state index in [1.165, 1.54) is 24.1 Å². The van der Waals surface area contributed by atoms with E-state index in [2.05, 4.69) is 31.9 Å². The number of aromatic nitrogens is 2. The van der Waals surface area contributed by atoms with E-state index in [1.807, 2.05) is 18.3 Å². The molecule has 0 radical (unpaired) electrons. The molecule has 0 bridgehead atoms. The third kappa shape index (κ3) is 3.71. The molecule has 1 aromatic heterocycles. The number of benzene rings is 1. The van der Waals surface area contributed by atoms with Crippen molar-refractivity contribution >= 4 is 11.6 Å². The van der Waals surface area contributed by atoms with E-state index >= 15 is 0 Å². The fraction of sp³-hybridized carbons (Fsp3) is 0.545. The van der Waals surface area contributed by atoms with Crippen LogP contribution in [0.3, 0.4) is 0 Å². The summed E-state index contributed by atoms with van der Waals surface area (Å²) in [6.45, 7) is 3.89. The molecule has 5 rings (SSSR count). The second-order valence-electron chi connectivity index (χ2n) is 8.24. The third-order valence-corrected chi connectivity index (χ3v) is 6.22. The van der Waals surface area contributed by atoms with Crippen LogP contribution < -0.4 is 5.32 Å². The molecular weight excluding hydrogens is 352 g/mol. The molecule has 1 atom stereocenters. The van der Waals surface area contributed by atoms with Gasteiger partial charge in [0.15, 0.2) is 0 Å². The Kier molecular flexibility index (Phi) is 4.91. The molecular formula is C22H28N4O2. The van der Waals surface area contributed by atoms with Crippen molar-refractivity contribution in [2.24, 2.45) is 0 Å². The number of piperidine rings is 1. The van der Waals surface area contributed by atoms with E-state index in [-0.39, 0.29) is 11.9 Å².